The molecule has 2 aromatic carbocycles. The summed E-state index contributed by atoms with van der Waals surface area (Å²) < 4.78 is 13.6. The minimum Gasteiger partial charge on any atom is -0.325 e. The Morgan fingerprint density at radius 3 is 2.71 bits per heavy atom. The van der Waals surface area contributed by atoms with E-state index in [0.717, 1.165) is 5.56 Å². The van der Waals surface area contributed by atoms with Crippen LogP contribution in [0.5, 0.6) is 0 Å². The van der Waals surface area contributed by atoms with Crippen molar-refractivity contribution in [2.45, 2.75) is 18.2 Å². The van der Waals surface area contributed by atoms with Gasteiger partial charge in [-0.3, -0.25) is 4.79 Å². The maximum Gasteiger partial charge on any atom is 0.238 e. The van der Waals surface area contributed by atoms with Gasteiger partial charge in [-0.05, 0) is 48.7 Å². The quantitative estimate of drug-likeness (QED) is 0.774. The largest absolute Gasteiger partial charge is 0.325 e. The van der Waals surface area contributed by atoms with Gasteiger partial charge in [0, 0.05) is 10.7 Å². The second-order valence-corrected chi connectivity index (χ2v) is 6.25. The van der Waals surface area contributed by atoms with Crippen molar-refractivity contribution in [3.8, 4) is 0 Å². The van der Waals surface area contributed by atoms with Crippen molar-refractivity contribution in [2.24, 2.45) is 0 Å². The van der Waals surface area contributed by atoms with Gasteiger partial charge in [0.1, 0.15) is 5.82 Å². The monoisotopic (exact) mass is 369 g/mol. The molecule has 1 N–H and O–H groups in total. The second-order valence-electron chi connectivity index (χ2n) is 4.71. The van der Waals surface area contributed by atoms with Crippen LogP contribution in [0, 0.1) is 12.7 Å². The fourth-order valence-electron chi connectivity index (χ4n) is 1.93. The Morgan fingerprint density at radius 2 is 2.05 bits per heavy atom. The molecule has 2 nitrogen and oxygen atoms in total. The predicted molar refractivity (Wildman–Crippen MR) is 87.6 cm³/mol. The van der Waals surface area contributed by atoms with Crippen LogP contribution < -0.4 is 5.32 Å². The Balaban J connectivity index is 2.04. The smallest absolute Gasteiger partial charge is 0.238 e. The first kappa shape index (κ1) is 16.0. The highest BCUT2D eigenvalue weighted by molar-refractivity contribution is 9.10. The summed E-state index contributed by atoms with van der Waals surface area (Å²) in [5.41, 5.74) is 2.08. The number of hydrogen-bond acceptors (Lipinski definition) is 1. The van der Waals surface area contributed by atoms with E-state index in [2.05, 4.69) is 21.2 Å². The summed E-state index contributed by atoms with van der Waals surface area (Å²) in [4.78, 5) is 11.6. The molecule has 2 aromatic rings. The zero-order chi connectivity index (χ0) is 15.4. The van der Waals surface area contributed by atoms with E-state index in [-0.39, 0.29) is 18.1 Å². The van der Waals surface area contributed by atoms with Gasteiger partial charge in [-0.15, -0.1) is 0 Å². The molecule has 0 spiro atoms. The number of hydrogen-bond donors (Lipinski definition) is 1. The molecule has 0 saturated heterocycles. The summed E-state index contributed by atoms with van der Waals surface area (Å²) >= 11 is 9.18. The van der Waals surface area contributed by atoms with E-state index in [1.165, 1.54) is 6.07 Å². The number of aryl methyl sites for hydroxylation is 1. The fraction of sp³-hybridized carbons (Fsp3) is 0.188. The van der Waals surface area contributed by atoms with Gasteiger partial charge in [0.15, 0.2) is 0 Å². The lowest BCUT2D eigenvalue weighted by molar-refractivity contribution is -0.115. The lowest BCUT2D eigenvalue weighted by Crippen LogP contribution is -2.25. The van der Waals surface area contributed by atoms with Gasteiger partial charge in [-0.25, -0.2) is 4.39 Å². The molecule has 0 fully saturated rings. The SMILES string of the molecule is Cc1cc(Cl)ccc1NC(=O)C(Br)Cc1ccccc1F. The molecule has 1 amide bonds. The molecular weight excluding hydrogens is 357 g/mol. The Kier molecular flexibility index (Phi) is 5.37. The van der Waals surface area contributed by atoms with Gasteiger partial charge in [0.25, 0.3) is 0 Å². The second kappa shape index (κ2) is 7.05. The molecule has 0 aromatic heterocycles. The number of carbonyl (C=O) groups is 1. The van der Waals surface area contributed by atoms with Gasteiger partial charge in [0.05, 0.1) is 4.83 Å². The maximum atomic E-state index is 13.6. The molecule has 1 unspecified atom stereocenters. The van der Waals surface area contributed by atoms with Gasteiger partial charge >= 0.3 is 0 Å². The molecule has 0 radical (unpaired) electrons. The molecule has 2 rings (SSSR count). The van der Waals surface area contributed by atoms with Crippen molar-refractivity contribution < 1.29 is 9.18 Å². The molecule has 0 aliphatic carbocycles. The first-order chi connectivity index (χ1) is 9.97. The summed E-state index contributed by atoms with van der Waals surface area (Å²) in [7, 11) is 0. The van der Waals surface area contributed by atoms with Crippen molar-refractivity contribution in [3.05, 3.63) is 64.4 Å². The van der Waals surface area contributed by atoms with Crippen molar-refractivity contribution in [3.63, 3.8) is 0 Å². The number of halogens is 3. The Labute approximate surface area is 136 Å². The average Bonchev–Trinajstić information content (AvgIpc) is 2.44. The highest BCUT2D eigenvalue weighted by atomic mass is 79.9. The standard InChI is InChI=1S/C16H14BrClFNO/c1-10-8-12(18)6-7-15(10)20-16(21)13(17)9-11-4-2-3-5-14(11)19/h2-8,13H,9H2,1H3,(H,20,21). The molecule has 0 heterocycles. The summed E-state index contributed by atoms with van der Waals surface area (Å²) in [5.74, 6) is -0.527. The Hall–Kier alpha value is -1.39. The summed E-state index contributed by atoms with van der Waals surface area (Å²) in [5, 5.41) is 3.43. The molecule has 1 atom stereocenters. The van der Waals surface area contributed by atoms with Gasteiger partial charge in [-0.1, -0.05) is 45.7 Å². The van der Waals surface area contributed by atoms with E-state index in [4.69, 9.17) is 11.6 Å². The van der Waals surface area contributed by atoms with Crippen LogP contribution in [0.15, 0.2) is 42.5 Å². The van der Waals surface area contributed by atoms with Gasteiger partial charge < -0.3 is 5.32 Å². The number of rotatable bonds is 4. The van der Waals surface area contributed by atoms with E-state index >= 15 is 0 Å². The topological polar surface area (TPSA) is 29.1 Å². The third kappa shape index (κ3) is 4.29. The van der Waals surface area contributed by atoms with E-state index in [9.17, 15) is 9.18 Å². The van der Waals surface area contributed by atoms with Crippen LogP contribution in [-0.2, 0) is 11.2 Å². The number of alkyl halides is 1. The maximum absolute atomic E-state index is 13.6. The summed E-state index contributed by atoms with van der Waals surface area (Å²) in [6.07, 6.45) is 0.283. The number of anilines is 1. The molecule has 0 aliphatic rings. The normalized spacial score (nSPS) is 12.0. The Morgan fingerprint density at radius 1 is 1.33 bits per heavy atom. The average molecular weight is 371 g/mol. The minimum absolute atomic E-state index is 0.219. The highest BCUT2D eigenvalue weighted by Crippen LogP contribution is 2.21. The number of amides is 1. The molecule has 5 heteroatoms. The zero-order valence-electron chi connectivity index (χ0n) is 11.4. The number of carbonyl (C=O) groups excluding carboxylic acids is 1. The van der Waals surface area contributed by atoms with Crippen LogP contribution in [0.4, 0.5) is 10.1 Å². The summed E-state index contributed by atoms with van der Waals surface area (Å²) in [6.45, 7) is 1.86. The molecular formula is C16H14BrClFNO. The number of nitrogens with one attached hydrogen (secondary N) is 1. The molecule has 0 bridgehead atoms. The first-order valence-corrected chi connectivity index (χ1v) is 7.71. The molecule has 0 saturated carbocycles. The predicted octanol–water partition coefficient (Wildman–Crippen LogP) is 4.73. The van der Waals surface area contributed by atoms with Crippen LogP contribution in [0.3, 0.4) is 0 Å². The van der Waals surface area contributed by atoms with Crippen LogP contribution in [-0.4, -0.2) is 10.7 Å². The van der Waals surface area contributed by atoms with Crippen LogP contribution >= 0.6 is 27.5 Å². The van der Waals surface area contributed by atoms with Gasteiger partial charge in [-0.2, -0.15) is 0 Å². The molecule has 110 valence electrons. The van der Waals surface area contributed by atoms with E-state index in [1.54, 1.807) is 36.4 Å². The lowest BCUT2D eigenvalue weighted by Gasteiger charge is -2.13. The number of benzene rings is 2. The molecule has 0 aliphatic heterocycles. The first-order valence-electron chi connectivity index (χ1n) is 6.42. The van der Waals surface area contributed by atoms with Crippen molar-refractivity contribution in [1.29, 1.82) is 0 Å². The van der Waals surface area contributed by atoms with Crippen molar-refractivity contribution in [1.82, 2.24) is 0 Å². The highest BCUT2D eigenvalue weighted by Gasteiger charge is 2.18. The Bertz CT molecular complexity index is 662. The molecule has 21 heavy (non-hydrogen) atoms. The fourth-order valence-corrected chi connectivity index (χ4v) is 2.62. The minimum atomic E-state index is -0.510. The van der Waals surface area contributed by atoms with Crippen LogP contribution in [0.1, 0.15) is 11.1 Å². The van der Waals surface area contributed by atoms with E-state index in [0.29, 0.717) is 16.3 Å². The van der Waals surface area contributed by atoms with Crippen molar-refractivity contribution in [2.75, 3.05) is 5.32 Å². The van der Waals surface area contributed by atoms with Crippen LogP contribution in [0.25, 0.3) is 0 Å². The van der Waals surface area contributed by atoms with E-state index < -0.39 is 4.83 Å². The zero-order valence-corrected chi connectivity index (χ0v) is 13.7. The summed E-state index contributed by atoms with van der Waals surface area (Å²) in [6, 6.07) is 11.7. The van der Waals surface area contributed by atoms with E-state index in [1.807, 2.05) is 6.92 Å². The lowest BCUT2D eigenvalue weighted by atomic mass is 10.1. The third-order valence-electron chi connectivity index (χ3n) is 3.09. The van der Waals surface area contributed by atoms with Gasteiger partial charge in [0.2, 0.25) is 5.91 Å². The van der Waals surface area contributed by atoms with Crippen molar-refractivity contribution >= 4 is 39.1 Å². The van der Waals surface area contributed by atoms with Crippen LogP contribution in [0.2, 0.25) is 5.02 Å². The third-order valence-corrected chi connectivity index (χ3v) is 4.06.